The van der Waals surface area contributed by atoms with Gasteiger partial charge in [-0.15, -0.1) is 5.10 Å². The fourth-order valence-electron chi connectivity index (χ4n) is 4.67. The van der Waals surface area contributed by atoms with Crippen LogP contribution in [-0.4, -0.2) is 56.4 Å². The normalized spacial score (nSPS) is 25.5. The fourth-order valence-corrected chi connectivity index (χ4v) is 7.03. The first-order valence-corrected chi connectivity index (χ1v) is 12.1. The van der Waals surface area contributed by atoms with Crippen LogP contribution in [0, 0.1) is 0 Å². The average Bonchev–Trinajstić information content (AvgIpc) is 3.36. The summed E-state index contributed by atoms with van der Waals surface area (Å²) in [6.07, 6.45) is 2.06. The maximum Gasteiger partial charge on any atom is 0.331 e. The van der Waals surface area contributed by atoms with Gasteiger partial charge < -0.3 is 9.64 Å². The molecule has 1 aromatic heterocycles. The molecule has 0 aliphatic carbocycles. The van der Waals surface area contributed by atoms with Gasteiger partial charge >= 0.3 is 5.97 Å². The molecule has 9 nitrogen and oxygen atoms in total. The predicted molar refractivity (Wildman–Crippen MR) is 117 cm³/mol. The van der Waals surface area contributed by atoms with Crippen LogP contribution in [0.1, 0.15) is 30.6 Å². The third-order valence-electron chi connectivity index (χ3n) is 6.42. The van der Waals surface area contributed by atoms with E-state index in [2.05, 4.69) is 10.3 Å². The minimum Gasteiger partial charge on any atom is -0.451 e. The monoisotopic (exact) mass is 466 g/mol. The number of β-lactam (4-membered cyclic amide) rings is 1. The van der Waals surface area contributed by atoms with Gasteiger partial charge in [0.05, 0.1) is 19.2 Å². The van der Waals surface area contributed by atoms with Crippen molar-refractivity contribution in [2.45, 2.75) is 42.2 Å². The largest absolute Gasteiger partial charge is 0.451 e. The molecular formula is C23H22N4O5S. The van der Waals surface area contributed by atoms with Crippen LogP contribution in [0.5, 0.6) is 0 Å². The third-order valence-corrected chi connectivity index (χ3v) is 9.18. The molecular weight excluding hydrogens is 444 g/mol. The lowest BCUT2D eigenvalue weighted by atomic mass is 9.95. The Kier molecular flexibility index (Phi) is 5.04. The highest BCUT2D eigenvalue weighted by molar-refractivity contribution is 7.93. The number of rotatable bonds is 6. The molecule has 33 heavy (non-hydrogen) atoms. The van der Waals surface area contributed by atoms with E-state index < -0.39 is 38.1 Å². The number of hydrogen-bond donors (Lipinski definition) is 0. The summed E-state index contributed by atoms with van der Waals surface area (Å²) in [4.78, 5) is 27.2. The van der Waals surface area contributed by atoms with Crippen LogP contribution in [0.15, 0.2) is 73.1 Å². The third kappa shape index (κ3) is 3.32. The summed E-state index contributed by atoms with van der Waals surface area (Å²) in [6, 6.07) is 17.1. The summed E-state index contributed by atoms with van der Waals surface area (Å²) in [5.74, 6) is -1.15. The van der Waals surface area contributed by atoms with E-state index in [0.29, 0.717) is 0 Å². The molecule has 0 saturated carbocycles. The zero-order valence-electron chi connectivity index (χ0n) is 17.8. The Morgan fingerprint density at radius 2 is 1.73 bits per heavy atom. The molecule has 2 fully saturated rings. The Morgan fingerprint density at radius 1 is 1.12 bits per heavy atom. The van der Waals surface area contributed by atoms with Crippen LogP contribution in [0.3, 0.4) is 0 Å². The average molecular weight is 467 g/mol. The standard InChI is InChI=1S/C23H22N4O5S/c1-23(15-26-13-12-24-25-26)21(27-18(28)14-19(27)33(23,30)31)22(29)32-20(16-8-4-2-5-9-16)17-10-6-3-7-11-17/h2-13,19-21H,14-15H2,1H3/t19-,21+,23-/m1/s1. The Labute approximate surface area is 190 Å². The van der Waals surface area contributed by atoms with Crippen molar-refractivity contribution in [3.63, 3.8) is 0 Å². The van der Waals surface area contributed by atoms with Crippen LogP contribution in [0.4, 0.5) is 0 Å². The van der Waals surface area contributed by atoms with E-state index in [1.54, 1.807) is 0 Å². The van der Waals surface area contributed by atoms with E-state index >= 15 is 0 Å². The quantitative estimate of drug-likeness (QED) is 0.402. The van der Waals surface area contributed by atoms with Crippen LogP contribution in [-0.2, 0) is 30.7 Å². The molecule has 170 valence electrons. The molecule has 2 saturated heterocycles. The van der Waals surface area contributed by atoms with E-state index in [1.165, 1.54) is 24.0 Å². The Bertz CT molecular complexity index is 1240. The molecule has 0 radical (unpaired) electrons. The summed E-state index contributed by atoms with van der Waals surface area (Å²) >= 11 is 0. The lowest BCUT2D eigenvalue weighted by Gasteiger charge is -2.37. The molecule has 1 amide bonds. The zero-order valence-corrected chi connectivity index (χ0v) is 18.6. The van der Waals surface area contributed by atoms with Crippen LogP contribution in [0.25, 0.3) is 0 Å². The van der Waals surface area contributed by atoms with E-state index in [9.17, 15) is 18.0 Å². The van der Waals surface area contributed by atoms with Gasteiger partial charge in [0.2, 0.25) is 5.91 Å². The summed E-state index contributed by atoms with van der Waals surface area (Å²) in [6.45, 7) is 1.35. The highest BCUT2D eigenvalue weighted by Gasteiger charge is 2.70. The smallest absolute Gasteiger partial charge is 0.331 e. The summed E-state index contributed by atoms with van der Waals surface area (Å²) in [5, 5.41) is 6.57. The highest BCUT2D eigenvalue weighted by atomic mass is 32.2. The lowest BCUT2D eigenvalue weighted by Crippen LogP contribution is -2.58. The van der Waals surface area contributed by atoms with Crippen molar-refractivity contribution in [1.29, 1.82) is 0 Å². The van der Waals surface area contributed by atoms with Gasteiger partial charge in [0, 0.05) is 6.20 Å². The first kappa shape index (κ1) is 21.3. The first-order chi connectivity index (χ1) is 15.8. The number of fused-ring (bicyclic) bond motifs is 1. The van der Waals surface area contributed by atoms with E-state index in [4.69, 9.17) is 4.74 Å². The molecule has 10 heteroatoms. The number of benzene rings is 2. The van der Waals surface area contributed by atoms with Gasteiger partial charge in [-0.25, -0.2) is 13.2 Å². The van der Waals surface area contributed by atoms with Gasteiger partial charge in [-0.05, 0) is 18.1 Å². The maximum atomic E-state index is 13.6. The second kappa shape index (κ2) is 7.80. The second-order valence-electron chi connectivity index (χ2n) is 8.46. The first-order valence-electron chi connectivity index (χ1n) is 10.5. The number of hydrogen-bond acceptors (Lipinski definition) is 7. The van der Waals surface area contributed by atoms with Crippen molar-refractivity contribution in [3.05, 3.63) is 84.2 Å². The Hall–Kier alpha value is -3.53. The number of ether oxygens (including phenoxy) is 1. The fraction of sp³-hybridized carbons (Fsp3) is 0.304. The highest BCUT2D eigenvalue weighted by Crippen LogP contribution is 2.47. The molecule has 0 N–H and O–H groups in total. The van der Waals surface area contributed by atoms with Crippen molar-refractivity contribution >= 4 is 21.7 Å². The molecule has 0 unspecified atom stereocenters. The topological polar surface area (TPSA) is 111 Å². The van der Waals surface area contributed by atoms with Gasteiger partial charge in [-0.2, -0.15) is 0 Å². The molecule has 5 rings (SSSR count). The van der Waals surface area contributed by atoms with Crippen molar-refractivity contribution in [3.8, 4) is 0 Å². The van der Waals surface area contributed by atoms with Gasteiger partial charge in [-0.1, -0.05) is 65.9 Å². The molecule has 3 atom stereocenters. The number of nitrogens with zero attached hydrogens (tertiary/aromatic N) is 4. The number of carbonyl (C=O) groups excluding carboxylic acids is 2. The molecule has 3 heterocycles. The van der Waals surface area contributed by atoms with E-state index in [-0.39, 0.29) is 18.9 Å². The number of carbonyl (C=O) groups is 2. The van der Waals surface area contributed by atoms with Crippen molar-refractivity contribution < 1.29 is 22.7 Å². The van der Waals surface area contributed by atoms with Crippen LogP contribution >= 0.6 is 0 Å². The molecule has 2 aliphatic rings. The number of amides is 1. The maximum absolute atomic E-state index is 13.6. The van der Waals surface area contributed by atoms with Gasteiger partial charge in [-0.3, -0.25) is 9.48 Å². The molecule has 0 spiro atoms. The van der Waals surface area contributed by atoms with Crippen molar-refractivity contribution in [2.24, 2.45) is 0 Å². The van der Waals surface area contributed by atoms with Crippen LogP contribution < -0.4 is 0 Å². The molecule has 0 bridgehead atoms. The predicted octanol–water partition coefficient (Wildman–Crippen LogP) is 1.72. The zero-order chi connectivity index (χ0) is 23.2. The minimum atomic E-state index is -3.88. The summed E-state index contributed by atoms with van der Waals surface area (Å²) < 4.78 is 32.6. The Balaban J connectivity index is 1.54. The minimum absolute atomic E-state index is 0.128. The van der Waals surface area contributed by atoms with Crippen LogP contribution in [0.2, 0.25) is 0 Å². The number of sulfone groups is 1. The van der Waals surface area contributed by atoms with Crippen molar-refractivity contribution in [1.82, 2.24) is 19.9 Å². The molecule has 2 aromatic carbocycles. The van der Waals surface area contributed by atoms with E-state index in [0.717, 1.165) is 16.0 Å². The molecule has 3 aromatic rings. The summed E-state index contributed by atoms with van der Waals surface area (Å²) in [7, 11) is -3.88. The second-order valence-corrected chi connectivity index (χ2v) is 11.0. The number of esters is 1. The number of aromatic nitrogens is 3. The van der Waals surface area contributed by atoms with Gasteiger partial charge in [0.15, 0.2) is 22.0 Å². The summed E-state index contributed by atoms with van der Waals surface area (Å²) in [5.41, 5.74) is 1.48. The Morgan fingerprint density at radius 3 is 2.24 bits per heavy atom. The molecule has 2 aliphatic heterocycles. The SMILES string of the molecule is C[C@@]1(Cn2ccnn2)[C@H](C(=O)OC(c2ccccc2)c2ccccc2)N2C(=O)C[C@H]2S1(=O)=O. The van der Waals surface area contributed by atoms with Gasteiger partial charge in [0.25, 0.3) is 0 Å². The van der Waals surface area contributed by atoms with E-state index in [1.807, 2.05) is 60.7 Å². The lowest BCUT2D eigenvalue weighted by molar-refractivity contribution is -0.164. The van der Waals surface area contributed by atoms with Gasteiger partial charge in [0.1, 0.15) is 10.1 Å². The van der Waals surface area contributed by atoms with Crippen molar-refractivity contribution in [2.75, 3.05) is 0 Å².